The zero-order chi connectivity index (χ0) is 8.10. The maximum atomic E-state index is 2.56. The lowest BCUT2D eigenvalue weighted by atomic mass is 9.93. The summed E-state index contributed by atoms with van der Waals surface area (Å²) in [4.78, 5) is 0. The normalized spacial score (nSPS) is 31.1. The van der Waals surface area contributed by atoms with Crippen molar-refractivity contribution in [2.75, 3.05) is 4.43 Å². The van der Waals surface area contributed by atoms with Gasteiger partial charge >= 0.3 is 0 Å². The third-order valence-corrected chi connectivity index (χ3v) is 4.07. The van der Waals surface area contributed by atoms with Gasteiger partial charge in [0.15, 0.2) is 0 Å². The van der Waals surface area contributed by atoms with Crippen LogP contribution in [-0.4, -0.2) is 4.43 Å². The lowest BCUT2D eigenvalue weighted by molar-refractivity contribution is 0.389. The minimum absolute atomic E-state index is 1.07. The van der Waals surface area contributed by atoms with Crippen LogP contribution in [0.5, 0.6) is 0 Å². The second kappa shape index (κ2) is 5.39. The summed E-state index contributed by atoms with van der Waals surface area (Å²) >= 11 is 2.56. The molecule has 66 valence electrons. The van der Waals surface area contributed by atoms with Crippen LogP contribution in [0.2, 0.25) is 0 Å². The molecule has 1 fully saturated rings. The van der Waals surface area contributed by atoms with Crippen LogP contribution in [0.4, 0.5) is 0 Å². The van der Waals surface area contributed by atoms with Crippen molar-refractivity contribution in [1.29, 1.82) is 0 Å². The maximum Gasteiger partial charge on any atom is 0.00263 e. The molecular weight excluding hydrogens is 247 g/mol. The summed E-state index contributed by atoms with van der Waals surface area (Å²) in [7, 11) is 0. The fourth-order valence-corrected chi connectivity index (χ4v) is 3.32. The Balaban J connectivity index is 2.20. The maximum absolute atomic E-state index is 2.56. The van der Waals surface area contributed by atoms with Crippen molar-refractivity contribution in [2.24, 2.45) is 11.8 Å². The highest BCUT2D eigenvalue weighted by Crippen LogP contribution is 2.36. The Hall–Kier alpha value is 0.730. The SMILES string of the molecule is CCCC[C@H]1CCC[C@H]1CI. The molecule has 0 aliphatic heterocycles. The summed E-state index contributed by atoms with van der Waals surface area (Å²) in [6, 6.07) is 0. The Morgan fingerprint density at radius 3 is 2.64 bits per heavy atom. The van der Waals surface area contributed by atoms with E-state index in [0.29, 0.717) is 0 Å². The molecule has 1 aliphatic carbocycles. The minimum Gasteiger partial charge on any atom is -0.0861 e. The quantitative estimate of drug-likeness (QED) is 0.532. The third kappa shape index (κ3) is 2.92. The van der Waals surface area contributed by atoms with E-state index in [-0.39, 0.29) is 0 Å². The Morgan fingerprint density at radius 2 is 2.00 bits per heavy atom. The van der Waals surface area contributed by atoms with Crippen LogP contribution >= 0.6 is 22.6 Å². The molecule has 0 radical (unpaired) electrons. The van der Waals surface area contributed by atoms with Crippen LogP contribution in [0.1, 0.15) is 45.4 Å². The van der Waals surface area contributed by atoms with Crippen LogP contribution < -0.4 is 0 Å². The third-order valence-electron chi connectivity index (χ3n) is 2.94. The second-order valence-electron chi connectivity index (χ2n) is 3.75. The first kappa shape index (κ1) is 9.82. The van der Waals surface area contributed by atoms with Gasteiger partial charge in [0.05, 0.1) is 0 Å². The van der Waals surface area contributed by atoms with E-state index in [1.165, 1.54) is 43.0 Å². The zero-order valence-corrected chi connectivity index (χ0v) is 9.64. The van der Waals surface area contributed by atoms with E-state index in [2.05, 4.69) is 29.5 Å². The van der Waals surface area contributed by atoms with Gasteiger partial charge in [-0.1, -0.05) is 61.6 Å². The molecule has 2 atom stereocenters. The van der Waals surface area contributed by atoms with E-state index < -0.39 is 0 Å². The molecular formula is C10H19I. The monoisotopic (exact) mass is 266 g/mol. The summed E-state index contributed by atoms with van der Waals surface area (Å²) in [5.74, 6) is 2.16. The molecule has 0 unspecified atom stereocenters. The molecule has 0 nitrogen and oxygen atoms in total. The first-order valence-corrected chi connectivity index (χ1v) is 6.47. The fourth-order valence-electron chi connectivity index (χ4n) is 2.16. The Kier molecular flexibility index (Phi) is 4.81. The molecule has 0 spiro atoms. The van der Waals surface area contributed by atoms with Crippen LogP contribution in [-0.2, 0) is 0 Å². The van der Waals surface area contributed by atoms with E-state index in [0.717, 1.165) is 11.8 Å². The molecule has 0 aromatic heterocycles. The lowest BCUT2D eigenvalue weighted by Gasteiger charge is -2.16. The van der Waals surface area contributed by atoms with Crippen LogP contribution in [0.15, 0.2) is 0 Å². The van der Waals surface area contributed by atoms with Gasteiger partial charge in [-0.2, -0.15) is 0 Å². The van der Waals surface area contributed by atoms with Crippen molar-refractivity contribution >= 4 is 22.6 Å². The summed E-state index contributed by atoms with van der Waals surface area (Å²) in [5, 5.41) is 0. The number of unbranched alkanes of at least 4 members (excludes halogenated alkanes) is 1. The van der Waals surface area contributed by atoms with E-state index >= 15 is 0 Å². The van der Waals surface area contributed by atoms with Crippen molar-refractivity contribution in [2.45, 2.75) is 45.4 Å². The van der Waals surface area contributed by atoms with Crippen molar-refractivity contribution < 1.29 is 0 Å². The summed E-state index contributed by atoms with van der Waals surface area (Å²) < 4.78 is 1.39. The summed E-state index contributed by atoms with van der Waals surface area (Å²) in [5.41, 5.74) is 0. The average molecular weight is 266 g/mol. The van der Waals surface area contributed by atoms with Crippen LogP contribution in [0, 0.1) is 11.8 Å². The molecule has 0 bridgehead atoms. The molecule has 1 aliphatic rings. The largest absolute Gasteiger partial charge is 0.0861 e. The van der Waals surface area contributed by atoms with E-state index in [1.807, 2.05) is 0 Å². The van der Waals surface area contributed by atoms with E-state index in [9.17, 15) is 0 Å². The number of alkyl halides is 1. The smallest absolute Gasteiger partial charge is 0.00263 e. The molecule has 1 rings (SSSR count). The number of hydrogen-bond donors (Lipinski definition) is 0. The summed E-state index contributed by atoms with van der Waals surface area (Å²) in [6.45, 7) is 2.30. The van der Waals surface area contributed by atoms with Gasteiger partial charge < -0.3 is 0 Å². The van der Waals surface area contributed by atoms with Gasteiger partial charge in [-0.15, -0.1) is 0 Å². The standard InChI is InChI=1S/C10H19I/c1-2-3-5-9-6-4-7-10(9)8-11/h9-10H,2-8H2,1H3/t9-,10-/m0/s1. The lowest BCUT2D eigenvalue weighted by Crippen LogP contribution is -2.08. The number of rotatable bonds is 4. The van der Waals surface area contributed by atoms with Gasteiger partial charge in [0.2, 0.25) is 0 Å². The van der Waals surface area contributed by atoms with Crippen molar-refractivity contribution in [3.05, 3.63) is 0 Å². The van der Waals surface area contributed by atoms with Gasteiger partial charge in [-0.05, 0) is 18.3 Å². The van der Waals surface area contributed by atoms with Crippen LogP contribution in [0.3, 0.4) is 0 Å². The topological polar surface area (TPSA) is 0 Å². The summed E-state index contributed by atoms with van der Waals surface area (Å²) in [6.07, 6.45) is 8.87. The highest BCUT2D eigenvalue weighted by atomic mass is 127. The van der Waals surface area contributed by atoms with Gasteiger partial charge in [0, 0.05) is 4.43 Å². The molecule has 0 saturated heterocycles. The molecule has 11 heavy (non-hydrogen) atoms. The average Bonchev–Trinajstić information content (AvgIpc) is 2.47. The Bertz CT molecular complexity index is 101. The van der Waals surface area contributed by atoms with Crippen molar-refractivity contribution in [3.8, 4) is 0 Å². The van der Waals surface area contributed by atoms with E-state index in [4.69, 9.17) is 0 Å². The predicted octanol–water partition coefficient (Wildman–Crippen LogP) is 4.03. The molecule has 1 saturated carbocycles. The molecule has 0 aromatic rings. The van der Waals surface area contributed by atoms with Gasteiger partial charge in [0.25, 0.3) is 0 Å². The Morgan fingerprint density at radius 1 is 1.27 bits per heavy atom. The molecule has 0 heterocycles. The number of halogens is 1. The van der Waals surface area contributed by atoms with Gasteiger partial charge in [-0.25, -0.2) is 0 Å². The molecule has 1 heteroatoms. The minimum atomic E-state index is 1.07. The fraction of sp³-hybridized carbons (Fsp3) is 1.00. The van der Waals surface area contributed by atoms with Gasteiger partial charge in [-0.3, -0.25) is 0 Å². The highest BCUT2D eigenvalue weighted by molar-refractivity contribution is 14.1. The highest BCUT2D eigenvalue weighted by Gasteiger charge is 2.24. The predicted molar refractivity (Wildman–Crippen MR) is 59.2 cm³/mol. The molecule has 0 amide bonds. The van der Waals surface area contributed by atoms with Crippen molar-refractivity contribution in [3.63, 3.8) is 0 Å². The zero-order valence-electron chi connectivity index (χ0n) is 7.48. The first-order chi connectivity index (χ1) is 5.38. The van der Waals surface area contributed by atoms with Gasteiger partial charge in [0.1, 0.15) is 0 Å². The first-order valence-electron chi connectivity index (χ1n) is 4.94. The second-order valence-corrected chi connectivity index (χ2v) is 4.63. The van der Waals surface area contributed by atoms with Crippen LogP contribution in [0.25, 0.3) is 0 Å². The molecule has 0 N–H and O–H groups in total. The van der Waals surface area contributed by atoms with E-state index in [1.54, 1.807) is 0 Å². The number of hydrogen-bond acceptors (Lipinski definition) is 0. The van der Waals surface area contributed by atoms with Crippen molar-refractivity contribution in [1.82, 2.24) is 0 Å². The molecule has 0 aromatic carbocycles. The Labute approximate surface area is 84.3 Å².